The molecule has 0 aliphatic carbocycles. The second kappa shape index (κ2) is 5.98. The van der Waals surface area contributed by atoms with E-state index in [4.69, 9.17) is 0 Å². The van der Waals surface area contributed by atoms with Crippen LogP contribution >= 0.6 is 0 Å². The van der Waals surface area contributed by atoms with E-state index in [9.17, 15) is 4.79 Å². The van der Waals surface area contributed by atoms with Gasteiger partial charge in [-0.25, -0.2) is 4.98 Å². The number of hydrogen-bond acceptors (Lipinski definition) is 2. The van der Waals surface area contributed by atoms with E-state index in [0.29, 0.717) is 0 Å². The molecular weight excluding hydrogens is 272 g/mol. The van der Waals surface area contributed by atoms with Crippen molar-refractivity contribution in [3.05, 3.63) is 66.0 Å². The SMILES string of the molecule is CC(=O)C(C)n1c(/C=C/c2ccccc2)nc2ccccc21. The van der Waals surface area contributed by atoms with Crippen LogP contribution in [0.3, 0.4) is 0 Å². The van der Waals surface area contributed by atoms with Gasteiger partial charge in [0.25, 0.3) is 0 Å². The predicted octanol–water partition coefficient (Wildman–Crippen LogP) is 4.36. The first-order chi connectivity index (χ1) is 10.7. The Balaban J connectivity index is 2.10. The Hall–Kier alpha value is -2.68. The number of Topliss-reactive ketones (excluding diaryl/α,β-unsaturated/α-hetero) is 1. The Labute approximate surface area is 129 Å². The molecule has 0 saturated heterocycles. The van der Waals surface area contributed by atoms with E-state index < -0.39 is 0 Å². The summed E-state index contributed by atoms with van der Waals surface area (Å²) in [6.07, 6.45) is 3.99. The number of imidazole rings is 1. The molecule has 3 rings (SSSR count). The summed E-state index contributed by atoms with van der Waals surface area (Å²) in [7, 11) is 0. The molecule has 0 spiro atoms. The van der Waals surface area contributed by atoms with E-state index >= 15 is 0 Å². The van der Waals surface area contributed by atoms with Gasteiger partial charge in [0.1, 0.15) is 5.82 Å². The second-order valence-corrected chi connectivity index (χ2v) is 5.36. The molecule has 0 saturated carbocycles. The Morgan fingerprint density at radius 3 is 2.45 bits per heavy atom. The van der Waals surface area contributed by atoms with Gasteiger partial charge in [-0.3, -0.25) is 4.79 Å². The normalized spacial score (nSPS) is 12.8. The zero-order valence-electron chi connectivity index (χ0n) is 12.7. The van der Waals surface area contributed by atoms with Crippen molar-refractivity contribution in [2.45, 2.75) is 19.9 Å². The standard InChI is InChI=1S/C19H18N2O/c1-14(15(2)22)21-18-11-7-6-10-17(18)20-19(21)13-12-16-8-4-3-5-9-16/h3-14H,1-2H3/b13-12+. The Morgan fingerprint density at radius 1 is 1.05 bits per heavy atom. The molecule has 0 bridgehead atoms. The fraction of sp³-hybridized carbons (Fsp3) is 0.158. The van der Waals surface area contributed by atoms with E-state index in [1.165, 1.54) is 0 Å². The monoisotopic (exact) mass is 290 g/mol. The summed E-state index contributed by atoms with van der Waals surface area (Å²) < 4.78 is 2.00. The summed E-state index contributed by atoms with van der Waals surface area (Å²) in [5.74, 6) is 0.922. The third kappa shape index (κ3) is 2.70. The van der Waals surface area contributed by atoms with Gasteiger partial charge < -0.3 is 4.57 Å². The van der Waals surface area contributed by atoms with Crippen molar-refractivity contribution in [2.75, 3.05) is 0 Å². The Kier molecular flexibility index (Phi) is 3.88. The molecule has 1 heterocycles. The lowest BCUT2D eigenvalue weighted by Crippen LogP contribution is -2.14. The van der Waals surface area contributed by atoms with Gasteiger partial charge in [0, 0.05) is 0 Å². The van der Waals surface area contributed by atoms with Gasteiger partial charge in [0.05, 0.1) is 17.1 Å². The number of aromatic nitrogens is 2. The van der Waals surface area contributed by atoms with Gasteiger partial charge in [-0.05, 0) is 37.6 Å². The largest absolute Gasteiger partial charge is 0.314 e. The number of fused-ring (bicyclic) bond motifs is 1. The number of para-hydroxylation sites is 2. The Morgan fingerprint density at radius 2 is 1.73 bits per heavy atom. The minimum Gasteiger partial charge on any atom is -0.314 e. The fourth-order valence-corrected chi connectivity index (χ4v) is 2.50. The molecular formula is C19H18N2O. The maximum Gasteiger partial charge on any atom is 0.152 e. The average molecular weight is 290 g/mol. The maximum absolute atomic E-state index is 11.8. The maximum atomic E-state index is 11.8. The van der Waals surface area contributed by atoms with Gasteiger partial charge in [-0.1, -0.05) is 48.5 Å². The number of carbonyl (C=O) groups is 1. The van der Waals surface area contributed by atoms with Crippen LogP contribution in [-0.2, 0) is 4.79 Å². The van der Waals surface area contributed by atoms with Gasteiger partial charge in [-0.2, -0.15) is 0 Å². The molecule has 0 aliphatic heterocycles. The number of hydrogen-bond donors (Lipinski definition) is 0. The summed E-state index contributed by atoms with van der Waals surface area (Å²) in [6.45, 7) is 3.53. The van der Waals surface area contributed by atoms with Crippen LogP contribution in [-0.4, -0.2) is 15.3 Å². The van der Waals surface area contributed by atoms with Crippen molar-refractivity contribution in [1.82, 2.24) is 9.55 Å². The number of nitrogens with zero attached hydrogens (tertiary/aromatic N) is 2. The van der Waals surface area contributed by atoms with Crippen LogP contribution in [0, 0.1) is 0 Å². The first-order valence-electron chi connectivity index (χ1n) is 7.37. The number of benzene rings is 2. The van der Waals surface area contributed by atoms with Crippen LogP contribution in [0.4, 0.5) is 0 Å². The van der Waals surface area contributed by atoms with Crippen LogP contribution in [0.2, 0.25) is 0 Å². The van der Waals surface area contributed by atoms with Gasteiger partial charge in [-0.15, -0.1) is 0 Å². The summed E-state index contributed by atoms with van der Waals surface area (Å²) in [5, 5.41) is 0. The smallest absolute Gasteiger partial charge is 0.152 e. The van der Waals surface area contributed by atoms with E-state index in [0.717, 1.165) is 22.4 Å². The second-order valence-electron chi connectivity index (χ2n) is 5.36. The highest BCUT2D eigenvalue weighted by Crippen LogP contribution is 2.23. The van der Waals surface area contributed by atoms with Crippen LogP contribution in [0.25, 0.3) is 23.2 Å². The van der Waals surface area contributed by atoms with Crippen molar-refractivity contribution < 1.29 is 4.79 Å². The number of rotatable bonds is 4. The topological polar surface area (TPSA) is 34.9 Å². The summed E-state index contributed by atoms with van der Waals surface area (Å²) in [5.41, 5.74) is 3.00. The molecule has 0 radical (unpaired) electrons. The third-order valence-corrected chi connectivity index (χ3v) is 3.82. The van der Waals surface area contributed by atoms with Crippen LogP contribution in [0.5, 0.6) is 0 Å². The molecule has 3 aromatic rings. The lowest BCUT2D eigenvalue weighted by Gasteiger charge is -2.13. The highest BCUT2D eigenvalue weighted by atomic mass is 16.1. The predicted molar refractivity (Wildman–Crippen MR) is 90.5 cm³/mol. The lowest BCUT2D eigenvalue weighted by molar-refractivity contribution is -0.119. The molecule has 0 aliphatic rings. The minimum atomic E-state index is -0.233. The molecule has 0 fully saturated rings. The third-order valence-electron chi connectivity index (χ3n) is 3.82. The minimum absolute atomic E-state index is 0.123. The zero-order chi connectivity index (χ0) is 15.5. The first-order valence-corrected chi connectivity index (χ1v) is 7.37. The van der Waals surface area contributed by atoms with Crippen molar-refractivity contribution in [2.24, 2.45) is 0 Å². The molecule has 1 unspecified atom stereocenters. The van der Waals surface area contributed by atoms with Crippen molar-refractivity contribution in [3.8, 4) is 0 Å². The number of carbonyl (C=O) groups excluding carboxylic acids is 1. The molecule has 1 aromatic heterocycles. The summed E-state index contributed by atoms with van der Waals surface area (Å²) in [4.78, 5) is 16.5. The highest BCUT2D eigenvalue weighted by Gasteiger charge is 2.17. The van der Waals surface area contributed by atoms with Crippen molar-refractivity contribution in [3.63, 3.8) is 0 Å². The number of ketones is 1. The quantitative estimate of drug-likeness (QED) is 0.715. The van der Waals surface area contributed by atoms with Gasteiger partial charge >= 0.3 is 0 Å². The Bertz CT molecular complexity index is 831. The fourth-order valence-electron chi connectivity index (χ4n) is 2.50. The zero-order valence-corrected chi connectivity index (χ0v) is 12.7. The molecule has 0 N–H and O–H groups in total. The molecule has 22 heavy (non-hydrogen) atoms. The van der Waals surface area contributed by atoms with Crippen LogP contribution in [0.1, 0.15) is 31.3 Å². The van der Waals surface area contributed by atoms with E-state index in [2.05, 4.69) is 4.98 Å². The molecule has 110 valence electrons. The van der Waals surface area contributed by atoms with Gasteiger partial charge in [0.2, 0.25) is 0 Å². The van der Waals surface area contributed by atoms with Gasteiger partial charge in [0.15, 0.2) is 5.78 Å². The lowest BCUT2D eigenvalue weighted by atomic mass is 10.2. The summed E-state index contributed by atoms with van der Waals surface area (Å²) in [6, 6.07) is 17.7. The van der Waals surface area contributed by atoms with Crippen LogP contribution < -0.4 is 0 Å². The van der Waals surface area contributed by atoms with Crippen molar-refractivity contribution in [1.29, 1.82) is 0 Å². The highest BCUT2D eigenvalue weighted by molar-refractivity contribution is 5.85. The van der Waals surface area contributed by atoms with Crippen LogP contribution in [0.15, 0.2) is 54.6 Å². The molecule has 3 nitrogen and oxygen atoms in total. The van der Waals surface area contributed by atoms with Crippen molar-refractivity contribution >= 4 is 29.0 Å². The molecule has 2 aromatic carbocycles. The molecule has 1 atom stereocenters. The van der Waals surface area contributed by atoms with E-state index in [1.807, 2.05) is 78.2 Å². The first kappa shape index (κ1) is 14.3. The van der Waals surface area contributed by atoms with E-state index in [-0.39, 0.29) is 11.8 Å². The summed E-state index contributed by atoms with van der Waals surface area (Å²) >= 11 is 0. The van der Waals surface area contributed by atoms with E-state index in [1.54, 1.807) is 6.92 Å². The average Bonchev–Trinajstić information content (AvgIpc) is 2.91. The molecule has 0 amide bonds. The molecule has 3 heteroatoms.